The zero-order valence-corrected chi connectivity index (χ0v) is 9.88. The normalized spacial score (nSPS) is 15.6. The number of rotatable bonds is 2. The van der Waals surface area contributed by atoms with Crippen LogP contribution < -0.4 is 5.73 Å². The standard InChI is InChI=1S/C12H14FN5/c13-10-2-1-9(11(14)5-10)6-17-3-4-18-8-15-16-12(18)7-17/h1-2,5,8H,3-4,6-7,14H2. The minimum Gasteiger partial charge on any atom is -0.398 e. The molecular weight excluding hydrogens is 233 g/mol. The van der Waals surface area contributed by atoms with Crippen LogP contribution in [0.1, 0.15) is 11.4 Å². The Bertz CT molecular complexity index is 565. The van der Waals surface area contributed by atoms with Gasteiger partial charge in [-0.25, -0.2) is 4.39 Å². The maximum Gasteiger partial charge on any atom is 0.147 e. The van der Waals surface area contributed by atoms with E-state index in [1.807, 2.05) is 4.57 Å². The fourth-order valence-electron chi connectivity index (χ4n) is 2.20. The van der Waals surface area contributed by atoms with Crippen LogP contribution >= 0.6 is 0 Å². The molecular formula is C12H14FN5. The third-order valence-corrected chi connectivity index (χ3v) is 3.22. The lowest BCUT2D eigenvalue weighted by atomic mass is 10.1. The van der Waals surface area contributed by atoms with Crippen LogP contribution in [0, 0.1) is 5.82 Å². The number of nitrogens with two attached hydrogens (primary N) is 1. The number of aromatic nitrogens is 3. The second-order valence-electron chi connectivity index (χ2n) is 4.49. The van der Waals surface area contributed by atoms with Gasteiger partial charge in [-0.3, -0.25) is 4.90 Å². The molecule has 18 heavy (non-hydrogen) atoms. The molecule has 0 spiro atoms. The molecule has 3 rings (SSSR count). The number of hydrogen-bond acceptors (Lipinski definition) is 4. The summed E-state index contributed by atoms with van der Waals surface area (Å²) in [5.74, 6) is 0.663. The Labute approximate surface area is 104 Å². The predicted molar refractivity (Wildman–Crippen MR) is 64.9 cm³/mol. The molecule has 0 saturated carbocycles. The number of anilines is 1. The minimum absolute atomic E-state index is 0.297. The van der Waals surface area contributed by atoms with Crippen LogP contribution in [0.3, 0.4) is 0 Å². The third kappa shape index (κ3) is 2.06. The number of nitrogen functional groups attached to an aromatic ring is 1. The molecule has 2 N–H and O–H groups in total. The highest BCUT2D eigenvalue weighted by Crippen LogP contribution is 2.18. The molecule has 94 valence electrons. The molecule has 0 saturated heterocycles. The van der Waals surface area contributed by atoms with Crippen molar-refractivity contribution in [1.82, 2.24) is 19.7 Å². The Balaban J connectivity index is 1.74. The average molecular weight is 247 g/mol. The SMILES string of the molecule is Nc1cc(F)ccc1CN1CCn2cnnc2C1. The zero-order valence-electron chi connectivity index (χ0n) is 9.88. The van der Waals surface area contributed by atoms with Gasteiger partial charge in [-0.2, -0.15) is 0 Å². The van der Waals surface area contributed by atoms with Crippen LogP contribution in [0.4, 0.5) is 10.1 Å². The summed E-state index contributed by atoms with van der Waals surface area (Å²) in [7, 11) is 0. The van der Waals surface area contributed by atoms with Gasteiger partial charge in [-0.15, -0.1) is 10.2 Å². The molecule has 0 unspecified atom stereocenters. The van der Waals surface area contributed by atoms with E-state index in [9.17, 15) is 4.39 Å². The van der Waals surface area contributed by atoms with Crippen molar-refractivity contribution in [3.8, 4) is 0 Å². The lowest BCUT2D eigenvalue weighted by Gasteiger charge is -2.27. The van der Waals surface area contributed by atoms with Crippen LogP contribution in [0.5, 0.6) is 0 Å². The van der Waals surface area contributed by atoms with Gasteiger partial charge in [0.15, 0.2) is 0 Å². The summed E-state index contributed by atoms with van der Waals surface area (Å²) in [6.07, 6.45) is 1.75. The van der Waals surface area contributed by atoms with Gasteiger partial charge in [-0.05, 0) is 17.7 Å². The van der Waals surface area contributed by atoms with E-state index >= 15 is 0 Å². The summed E-state index contributed by atoms with van der Waals surface area (Å²) < 4.78 is 15.0. The molecule has 1 aromatic carbocycles. The Hall–Kier alpha value is -1.95. The van der Waals surface area contributed by atoms with Crippen LogP contribution in [-0.2, 0) is 19.6 Å². The van der Waals surface area contributed by atoms with Crippen molar-refractivity contribution >= 4 is 5.69 Å². The number of benzene rings is 1. The van der Waals surface area contributed by atoms with Crippen LogP contribution in [0.25, 0.3) is 0 Å². The first-order valence-corrected chi connectivity index (χ1v) is 5.85. The molecule has 1 aliphatic rings. The van der Waals surface area contributed by atoms with Crippen molar-refractivity contribution in [2.45, 2.75) is 19.6 Å². The number of nitrogens with zero attached hydrogens (tertiary/aromatic N) is 4. The van der Waals surface area contributed by atoms with Crippen molar-refractivity contribution in [2.24, 2.45) is 0 Å². The van der Waals surface area contributed by atoms with E-state index in [1.165, 1.54) is 12.1 Å². The molecule has 1 aliphatic heterocycles. The monoisotopic (exact) mass is 247 g/mol. The maximum atomic E-state index is 13.0. The number of fused-ring (bicyclic) bond motifs is 1. The van der Waals surface area contributed by atoms with E-state index < -0.39 is 0 Å². The van der Waals surface area contributed by atoms with Crippen molar-refractivity contribution < 1.29 is 4.39 Å². The molecule has 0 atom stereocenters. The van der Waals surface area contributed by atoms with Gasteiger partial charge in [0, 0.05) is 25.3 Å². The molecule has 6 heteroatoms. The summed E-state index contributed by atoms with van der Waals surface area (Å²) in [5, 5.41) is 7.95. The molecule has 2 heterocycles. The molecule has 1 aromatic heterocycles. The van der Waals surface area contributed by atoms with E-state index in [1.54, 1.807) is 12.4 Å². The van der Waals surface area contributed by atoms with Crippen LogP contribution in [0.15, 0.2) is 24.5 Å². The molecule has 0 fully saturated rings. The Morgan fingerprint density at radius 3 is 3.06 bits per heavy atom. The molecule has 5 nitrogen and oxygen atoms in total. The largest absolute Gasteiger partial charge is 0.398 e. The molecule has 0 amide bonds. The van der Waals surface area contributed by atoms with Crippen molar-refractivity contribution in [2.75, 3.05) is 12.3 Å². The summed E-state index contributed by atoms with van der Waals surface area (Å²) in [6.45, 7) is 3.25. The number of halogens is 1. The molecule has 2 aromatic rings. The van der Waals surface area contributed by atoms with Crippen molar-refractivity contribution in [3.63, 3.8) is 0 Å². The summed E-state index contributed by atoms with van der Waals surface area (Å²) in [5.41, 5.74) is 7.26. The third-order valence-electron chi connectivity index (χ3n) is 3.22. The van der Waals surface area contributed by atoms with Gasteiger partial charge in [-0.1, -0.05) is 6.07 Å². The topological polar surface area (TPSA) is 60.0 Å². The van der Waals surface area contributed by atoms with E-state index in [0.717, 1.165) is 31.0 Å². The van der Waals surface area contributed by atoms with Crippen LogP contribution in [-0.4, -0.2) is 26.2 Å². The first-order valence-electron chi connectivity index (χ1n) is 5.85. The second kappa shape index (κ2) is 4.38. The van der Waals surface area contributed by atoms with Gasteiger partial charge in [0.05, 0.1) is 6.54 Å². The summed E-state index contributed by atoms with van der Waals surface area (Å²) >= 11 is 0. The Morgan fingerprint density at radius 2 is 2.22 bits per heavy atom. The van der Waals surface area contributed by atoms with Gasteiger partial charge in [0.2, 0.25) is 0 Å². The lowest BCUT2D eigenvalue weighted by Crippen LogP contribution is -2.33. The van der Waals surface area contributed by atoms with Crippen molar-refractivity contribution in [3.05, 3.63) is 41.7 Å². The second-order valence-corrected chi connectivity index (χ2v) is 4.49. The Kier molecular flexibility index (Phi) is 2.71. The van der Waals surface area contributed by atoms with Crippen molar-refractivity contribution in [1.29, 1.82) is 0 Å². The number of hydrogen-bond donors (Lipinski definition) is 1. The Morgan fingerprint density at radius 1 is 1.33 bits per heavy atom. The van der Waals surface area contributed by atoms with E-state index in [2.05, 4.69) is 15.1 Å². The van der Waals surface area contributed by atoms with Gasteiger partial charge in [0.1, 0.15) is 18.0 Å². The highest BCUT2D eigenvalue weighted by atomic mass is 19.1. The first kappa shape index (κ1) is 11.2. The van der Waals surface area contributed by atoms with E-state index in [0.29, 0.717) is 12.2 Å². The van der Waals surface area contributed by atoms with Gasteiger partial charge < -0.3 is 10.3 Å². The first-order chi connectivity index (χ1) is 8.72. The van der Waals surface area contributed by atoms with E-state index in [4.69, 9.17) is 5.73 Å². The molecule has 0 radical (unpaired) electrons. The molecule has 0 bridgehead atoms. The van der Waals surface area contributed by atoms with Gasteiger partial charge >= 0.3 is 0 Å². The predicted octanol–water partition coefficient (Wildman–Crippen LogP) is 1.02. The zero-order chi connectivity index (χ0) is 12.5. The molecule has 0 aliphatic carbocycles. The quantitative estimate of drug-likeness (QED) is 0.805. The van der Waals surface area contributed by atoms with E-state index in [-0.39, 0.29) is 5.82 Å². The fourth-order valence-corrected chi connectivity index (χ4v) is 2.20. The highest BCUT2D eigenvalue weighted by Gasteiger charge is 2.18. The average Bonchev–Trinajstić information content (AvgIpc) is 2.80. The van der Waals surface area contributed by atoms with Gasteiger partial charge in [0.25, 0.3) is 0 Å². The highest BCUT2D eigenvalue weighted by molar-refractivity contribution is 5.46. The lowest BCUT2D eigenvalue weighted by molar-refractivity contribution is 0.209. The fraction of sp³-hybridized carbons (Fsp3) is 0.333. The van der Waals surface area contributed by atoms with Crippen LogP contribution in [0.2, 0.25) is 0 Å². The maximum absolute atomic E-state index is 13.0. The summed E-state index contributed by atoms with van der Waals surface area (Å²) in [6, 6.07) is 4.55. The summed E-state index contributed by atoms with van der Waals surface area (Å²) in [4.78, 5) is 2.23. The minimum atomic E-state index is -0.297. The smallest absolute Gasteiger partial charge is 0.147 e.